The number of pyridine rings is 1. The predicted octanol–water partition coefficient (Wildman–Crippen LogP) is 4.29. The fourth-order valence-electron chi connectivity index (χ4n) is 9.25. The van der Waals surface area contributed by atoms with E-state index in [9.17, 15) is 19.8 Å². The lowest BCUT2D eigenvalue weighted by atomic mass is 9.47. The van der Waals surface area contributed by atoms with Crippen molar-refractivity contribution < 1.29 is 19.8 Å². The minimum absolute atomic E-state index is 0.0163. The molecule has 35 heavy (non-hydrogen) atoms. The van der Waals surface area contributed by atoms with Gasteiger partial charge in [-0.1, -0.05) is 32.4 Å². The van der Waals surface area contributed by atoms with Crippen LogP contribution in [-0.4, -0.2) is 38.9 Å². The van der Waals surface area contributed by atoms with Crippen molar-refractivity contribution in [3.05, 3.63) is 41.3 Å². The smallest absolute Gasteiger partial charge is 0.183 e. The van der Waals surface area contributed by atoms with Gasteiger partial charge in [0.25, 0.3) is 0 Å². The van der Waals surface area contributed by atoms with Crippen molar-refractivity contribution in [2.75, 3.05) is 11.9 Å². The molecule has 4 saturated carbocycles. The predicted molar refractivity (Wildman–Crippen MR) is 133 cm³/mol. The molecule has 7 atom stereocenters. The van der Waals surface area contributed by atoms with Crippen molar-refractivity contribution in [2.24, 2.45) is 34.0 Å². The van der Waals surface area contributed by atoms with Gasteiger partial charge in [0.2, 0.25) is 0 Å². The lowest BCUT2D eigenvalue weighted by Crippen LogP contribution is -2.59. The Bertz CT molecular complexity index is 1220. The summed E-state index contributed by atoms with van der Waals surface area (Å²) in [5, 5.41) is 25.6. The number of carbonyl (C=O) groups excluding carboxylic acids is 2. The molecular weight excluding hydrogens is 440 g/mol. The summed E-state index contributed by atoms with van der Waals surface area (Å²) in [7, 11) is 0. The number of Topliss-reactive ketones (excluding diaryl/α,β-unsaturated/α-hetero) is 1. The summed E-state index contributed by atoms with van der Waals surface area (Å²) >= 11 is 0. The second-order valence-electron chi connectivity index (χ2n) is 12.2. The number of carbonyl (C=O) groups is 2. The minimum atomic E-state index is -1.35. The molecule has 4 fully saturated rings. The van der Waals surface area contributed by atoms with Gasteiger partial charge >= 0.3 is 0 Å². The first-order valence-electron chi connectivity index (χ1n) is 13.1. The van der Waals surface area contributed by atoms with Crippen LogP contribution < -0.4 is 5.32 Å². The van der Waals surface area contributed by atoms with Crippen LogP contribution in [0.3, 0.4) is 0 Å². The summed E-state index contributed by atoms with van der Waals surface area (Å²) in [6.07, 6.45) is 10.6. The molecule has 1 aromatic rings. The van der Waals surface area contributed by atoms with Gasteiger partial charge in [0.05, 0.1) is 17.9 Å². The highest BCUT2D eigenvalue weighted by Crippen LogP contribution is 2.87. The zero-order valence-electron chi connectivity index (χ0n) is 21.1. The largest absolute Gasteiger partial charge is 0.504 e. The third-order valence-corrected chi connectivity index (χ3v) is 10.9. The van der Waals surface area contributed by atoms with Crippen molar-refractivity contribution in [3.63, 3.8) is 0 Å². The van der Waals surface area contributed by atoms with Crippen molar-refractivity contribution in [1.82, 2.24) is 4.98 Å². The molecule has 7 unspecified atom stereocenters. The Morgan fingerprint density at radius 2 is 2.06 bits per heavy atom. The van der Waals surface area contributed by atoms with E-state index in [1.54, 1.807) is 12.1 Å². The number of nitrogens with zero attached hydrogens (tertiary/aromatic N) is 1. The molecule has 3 N–H and O–H groups in total. The van der Waals surface area contributed by atoms with Crippen molar-refractivity contribution in [3.8, 4) is 5.75 Å². The Labute approximate surface area is 206 Å². The van der Waals surface area contributed by atoms with Crippen LogP contribution in [0.2, 0.25) is 0 Å². The molecule has 5 aliphatic carbocycles. The number of aryl methyl sites for hydroxylation is 2. The topological polar surface area (TPSA) is 99.5 Å². The van der Waals surface area contributed by atoms with Crippen molar-refractivity contribution >= 4 is 17.3 Å². The molecule has 186 valence electrons. The van der Waals surface area contributed by atoms with Gasteiger partial charge in [-0.25, -0.2) is 0 Å². The van der Waals surface area contributed by atoms with E-state index in [1.165, 1.54) is 5.57 Å². The molecule has 0 saturated heterocycles. The Morgan fingerprint density at radius 1 is 1.29 bits per heavy atom. The molecule has 0 aliphatic heterocycles. The molecular formula is C29H36N2O4. The minimum Gasteiger partial charge on any atom is -0.504 e. The molecule has 6 rings (SSSR count). The number of aliphatic hydroxyl groups is 1. The maximum atomic E-state index is 13.6. The fraction of sp³-hybridized carbons (Fsp3) is 0.621. The molecule has 5 aliphatic rings. The second-order valence-corrected chi connectivity index (χ2v) is 12.2. The number of allylic oxidation sites excluding steroid dienone is 4. The molecule has 1 heterocycles. The Kier molecular flexibility index (Phi) is 4.63. The molecule has 6 heteroatoms. The van der Waals surface area contributed by atoms with Gasteiger partial charge in [-0.3, -0.25) is 14.6 Å². The van der Waals surface area contributed by atoms with Crippen LogP contribution in [0, 0.1) is 40.9 Å². The molecule has 0 radical (unpaired) electrons. The van der Waals surface area contributed by atoms with E-state index in [0.29, 0.717) is 42.0 Å². The normalized spacial score (nSPS) is 42.6. The number of ketones is 2. The Hall–Kier alpha value is -2.47. The monoisotopic (exact) mass is 476 g/mol. The average Bonchev–Trinajstić information content (AvgIpc) is 3.38. The number of hydrogen-bond acceptors (Lipinski definition) is 6. The van der Waals surface area contributed by atoms with Crippen LogP contribution in [0.15, 0.2) is 29.9 Å². The summed E-state index contributed by atoms with van der Waals surface area (Å²) in [6.45, 7) is 8.21. The zero-order chi connectivity index (χ0) is 25.0. The summed E-state index contributed by atoms with van der Waals surface area (Å²) in [6, 6.07) is 1.75. The maximum absolute atomic E-state index is 13.6. The van der Waals surface area contributed by atoms with Gasteiger partial charge in [-0.2, -0.15) is 0 Å². The quantitative estimate of drug-likeness (QED) is 0.586. The van der Waals surface area contributed by atoms with E-state index < -0.39 is 11.0 Å². The second kappa shape index (κ2) is 7.06. The van der Waals surface area contributed by atoms with Crippen LogP contribution >= 0.6 is 0 Å². The SMILES string of the molecule is CCc1nc(C)cc(NCC(=O)C2(O)CC3C4C35CCC3=CC(=O)C=CC3(C)C5CCC42C)c1O. The van der Waals surface area contributed by atoms with E-state index >= 15 is 0 Å². The average molecular weight is 477 g/mol. The van der Waals surface area contributed by atoms with E-state index in [4.69, 9.17) is 0 Å². The van der Waals surface area contributed by atoms with E-state index in [2.05, 4.69) is 30.2 Å². The number of fused-ring (bicyclic) bond motifs is 2. The molecule has 0 bridgehead atoms. The summed E-state index contributed by atoms with van der Waals surface area (Å²) in [5.41, 5.74) is 1.43. The molecule has 6 nitrogen and oxygen atoms in total. The van der Waals surface area contributed by atoms with Crippen molar-refractivity contribution in [1.29, 1.82) is 0 Å². The van der Waals surface area contributed by atoms with Gasteiger partial charge in [0.1, 0.15) is 5.60 Å². The van der Waals surface area contributed by atoms with Gasteiger partial charge in [0.15, 0.2) is 17.3 Å². The fourth-order valence-corrected chi connectivity index (χ4v) is 9.25. The third-order valence-electron chi connectivity index (χ3n) is 10.9. The molecule has 1 spiro atoms. The third kappa shape index (κ3) is 2.72. The van der Waals surface area contributed by atoms with Crippen LogP contribution in [-0.2, 0) is 16.0 Å². The molecule has 1 aromatic heterocycles. The highest BCUT2D eigenvalue weighted by molar-refractivity contribution is 6.01. The maximum Gasteiger partial charge on any atom is 0.183 e. The summed E-state index contributed by atoms with van der Waals surface area (Å²) in [4.78, 5) is 30.0. The number of aromatic nitrogens is 1. The highest BCUT2D eigenvalue weighted by atomic mass is 16.3. The lowest BCUT2D eigenvalue weighted by molar-refractivity contribution is -0.163. The van der Waals surface area contributed by atoms with Gasteiger partial charge in [0, 0.05) is 16.5 Å². The first-order valence-corrected chi connectivity index (χ1v) is 13.1. The Balaban J connectivity index is 1.24. The van der Waals surface area contributed by atoms with E-state index in [1.807, 2.05) is 19.9 Å². The van der Waals surface area contributed by atoms with Gasteiger partial charge in [-0.15, -0.1) is 0 Å². The standard InChI is InChI=1S/C29H36N2O4/c1-5-20-24(34)21(12-16(2)31-20)30-15-23(33)29(35)14-19-25-27(29,4)10-8-22-26(3)9-7-18(32)13-17(26)6-11-28(19,22)25/h7,9,12-13,19,22,25,34-35H,5-6,8,10-11,14-15H2,1-4H3,(H,30,31). The van der Waals surface area contributed by atoms with Crippen LogP contribution in [0.25, 0.3) is 0 Å². The van der Waals surface area contributed by atoms with Crippen molar-refractivity contribution in [2.45, 2.75) is 71.8 Å². The van der Waals surface area contributed by atoms with E-state index in [0.717, 1.165) is 31.4 Å². The number of hydrogen-bond donors (Lipinski definition) is 3. The number of anilines is 1. The number of rotatable bonds is 5. The van der Waals surface area contributed by atoms with Crippen LogP contribution in [0.4, 0.5) is 5.69 Å². The van der Waals surface area contributed by atoms with Crippen LogP contribution in [0.1, 0.15) is 64.3 Å². The van der Waals surface area contributed by atoms with Gasteiger partial charge in [-0.05, 0) is 86.8 Å². The summed E-state index contributed by atoms with van der Waals surface area (Å²) in [5.74, 6) is 1.15. The lowest BCUT2D eigenvalue weighted by Gasteiger charge is -2.57. The highest BCUT2D eigenvalue weighted by Gasteiger charge is 2.85. The first-order chi connectivity index (χ1) is 16.5. The zero-order valence-corrected chi connectivity index (χ0v) is 21.1. The molecule has 0 aromatic carbocycles. The molecule has 0 amide bonds. The van der Waals surface area contributed by atoms with E-state index in [-0.39, 0.29) is 34.7 Å². The Morgan fingerprint density at radius 3 is 2.80 bits per heavy atom. The summed E-state index contributed by atoms with van der Waals surface area (Å²) < 4.78 is 0. The first kappa shape index (κ1) is 23.0. The van der Waals surface area contributed by atoms with Crippen LogP contribution in [0.5, 0.6) is 5.75 Å². The van der Waals surface area contributed by atoms with Gasteiger partial charge < -0.3 is 15.5 Å². The number of nitrogens with one attached hydrogen (secondary N) is 1. The number of aromatic hydroxyl groups is 1.